The van der Waals surface area contributed by atoms with Gasteiger partial charge in [0.15, 0.2) is 0 Å². The monoisotopic (exact) mass is 292 g/mol. The lowest BCUT2D eigenvalue weighted by atomic mass is 9.87. The Morgan fingerprint density at radius 3 is 2.24 bits per heavy atom. The van der Waals surface area contributed by atoms with Crippen molar-refractivity contribution in [2.24, 2.45) is 11.3 Å². The smallest absolute Gasteiger partial charge is 0.0712 e. The molecule has 21 heavy (non-hydrogen) atoms. The summed E-state index contributed by atoms with van der Waals surface area (Å²) in [6.07, 6.45) is 7.57. The van der Waals surface area contributed by atoms with Crippen LogP contribution in [0.1, 0.15) is 72.0 Å². The van der Waals surface area contributed by atoms with Crippen LogP contribution in [0.25, 0.3) is 0 Å². The maximum Gasteiger partial charge on any atom is 0.0712 e. The standard InChI is InChI=1S/C9H14O.C7H12N2.C2H6/c1-8-4-7(8)5-9(6-8)2-3-10-9;1-6(2)9-5-4-7(3)8-9;1-2/h7H,2-6H2,1H3;4-6H,1-3H3;1-2H3/t7?,8-,9?;;/m0../s1. The van der Waals surface area contributed by atoms with E-state index in [-0.39, 0.29) is 0 Å². The summed E-state index contributed by atoms with van der Waals surface area (Å²) in [5, 5.41) is 4.23. The number of aromatic nitrogens is 2. The van der Waals surface area contributed by atoms with Gasteiger partial charge in [-0.15, -0.1) is 0 Å². The quantitative estimate of drug-likeness (QED) is 0.746. The Balaban J connectivity index is 0.000000139. The van der Waals surface area contributed by atoms with Crippen LogP contribution >= 0.6 is 0 Å². The number of nitrogens with zero attached hydrogens (tertiary/aromatic N) is 2. The SMILES string of the molecule is CC.C[C@@]12CC1CC1(CCO1)C2.Cc1ccn(C(C)C)n1. The Kier molecular flexibility index (Phi) is 4.82. The molecule has 3 aliphatic rings. The average molecular weight is 292 g/mol. The first kappa shape index (κ1) is 16.5. The number of aryl methyl sites for hydroxylation is 1. The van der Waals surface area contributed by atoms with Crippen LogP contribution in [0.4, 0.5) is 0 Å². The topological polar surface area (TPSA) is 27.1 Å². The van der Waals surface area contributed by atoms with E-state index in [2.05, 4.69) is 25.9 Å². The fourth-order valence-electron chi connectivity index (χ4n) is 3.71. The molecule has 0 radical (unpaired) electrons. The van der Waals surface area contributed by atoms with Gasteiger partial charge in [0.2, 0.25) is 0 Å². The van der Waals surface area contributed by atoms with Gasteiger partial charge in [0.25, 0.3) is 0 Å². The number of hydrogen-bond acceptors (Lipinski definition) is 2. The van der Waals surface area contributed by atoms with Gasteiger partial charge in [0.1, 0.15) is 0 Å². The third kappa shape index (κ3) is 3.50. The molecule has 2 saturated carbocycles. The summed E-state index contributed by atoms with van der Waals surface area (Å²) < 4.78 is 7.60. The van der Waals surface area contributed by atoms with Gasteiger partial charge in [-0.1, -0.05) is 20.8 Å². The molecule has 1 aromatic rings. The van der Waals surface area contributed by atoms with E-state index in [4.69, 9.17) is 4.74 Å². The summed E-state index contributed by atoms with van der Waals surface area (Å²) >= 11 is 0. The third-order valence-corrected chi connectivity index (χ3v) is 5.12. The zero-order valence-corrected chi connectivity index (χ0v) is 14.6. The van der Waals surface area contributed by atoms with E-state index in [1.165, 1.54) is 25.7 Å². The van der Waals surface area contributed by atoms with Gasteiger partial charge >= 0.3 is 0 Å². The first-order valence-corrected chi connectivity index (χ1v) is 8.58. The van der Waals surface area contributed by atoms with Gasteiger partial charge in [-0.2, -0.15) is 5.10 Å². The highest BCUT2D eigenvalue weighted by Gasteiger charge is 2.64. The van der Waals surface area contributed by atoms with Crippen LogP contribution in [-0.2, 0) is 4.74 Å². The van der Waals surface area contributed by atoms with Crippen molar-refractivity contribution in [3.8, 4) is 0 Å². The van der Waals surface area contributed by atoms with Gasteiger partial charge in [-0.3, -0.25) is 4.68 Å². The largest absolute Gasteiger partial charge is 0.375 e. The fraction of sp³-hybridized carbons (Fsp3) is 0.833. The van der Waals surface area contributed by atoms with Crippen LogP contribution in [-0.4, -0.2) is 22.0 Å². The minimum Gasteiger partial charge on any atom is -0.375 e. The van der Waals surface area contributed by atoms with E-state index in [1.807, 2.05) is 37.7 Å². The van der Waals surface area contributed by atoms with E-state index in [0.717, 1.165) is 23.6 Å². The highest BCUT2D eigenvalue weighted by Crippen LogP contribution is 2.69. The second-order valence-corrected chi connectivity index (χ2v) is 7.25. The van der Waals surface area contributed by atoms with E-state index < -0.39 is 0 Å². The van der Waals surface area contributed by atoms with E-state index in [9.17, 15) is 0 Å². The molecule has 2 heterocycles. The van der Waals surface area contributed by atoms with Crippen LogP contribution in [0.15, 0.2) is 12.3 Å². The van der Waals surface area contributed by atoms with Gasteiger partial charge in [-0.05, 0) is 63.9 Å². The van der Waals surface area contributed by atoms with Gasteiger partial charge in [-0.25, -0.2) is 0 Å². The molecule has 2 unspecified atom stereocenters. The second-order valence-electron chi connectivity index (χ2n) is 7.25. The highest BCUT2D eigenvalue weighted by atomic mass is 16.5. The Labute approximate surface area is 130 Å². The molecule has 0 aromatic carbocycles. The number of hydrogen-bond donors (Lipinski definition) is 0. The highest BCUT2D eigenvalue weighted by molar-refractivity contribution is 5.14. The molecule has 4 rings (SSSR count). The van der Waals surface area contributed by atoms with Gasteiger partial charge in [0.05, 0.1) is 17.9 Å². The van der Waals surface area contributed by atoms with Crippen molar-refractivity contribution in [2.75, 3.05) is 6.61 Å². The van der Waals surface area contributed by atoms with Crippen molar-refractivity contribution in [1.29, 1.82) is 0 Å². The van der Waals surface area contributed by atoms with Crippen molar-refractivity contribution in [1.82, 2.24) is 9.78 Å². The Bertz CT molecular complexity index is 462. The summed E-state index contributed by atoms with van der Waals surface area (Å²) in [7, 11) is 0. The lowest BCUT2D eigenvalue weighted by Crippen LogP contribution is -2.42. The lowest BCUT2D eigenvalue weighted by molar-refractivity contribution is -0.150. The van der Waals surface area contributed by atoms with Crippen molar-refractivity contribution in [2.45, 2.75) is 78.9 Å². The molecule has 0 amide bonds. The van der Waals surface area contributed by atoms with Crippen molar-refractivity contribution >= 4 is 0 Å². The van der Waals surface area contributed by atoms with E-state index >= 15 is 0 Å². The summed E-state index contributed by atoms with van der Waals surface area (Å²) in [6.45, 7) is 13.7. The Morgan fingerprint density at radius 2 is 2.00 bits per heavy atom. The molecule has 1 spiro atoms. The number of fused-ring (bicyclic) bond motifs is 1. The fourth-order valence-corrected chi connectivity index (χ4v) is 3.71. The zero-order chi connectivity index (χ0) is 15.7. The molecule has 3 nitrogen and oxygen atoms in total. The molecular formula is C18H32N2O. The minimum absolute atomic E-state index is 0.400. The van der Waals surface area contributed by atoms with Crippen LogP contribution < -0.4 is 0 Å². The third-order valence-electron chi connectivity index (χ3n) is 5.12. The van der Waals surface area contributed by atoms with Gasteiger partial charge in [0, 0.05) is 12.2 Å². The summed E-state index contributed by atoms with van der Waals surface area (Å²) in [4.78, 5) is 0. The molecule has 0 N–H and O–H groups in total. The van der Waals surface area contributed by atoms with Crippen LogP contribution in [0.2, 0.25) is 0 Å². The van der Waals surface area contributed by atoms with E-state index in [1.54, 1.807) is 0 Å². The van der Waals surface area contributed by atoms with Crippen molar-refractivity contribution in [3.63, 3.8) is 0 Å². The molecule has 3 heteroatoms. The molecular weight excluding hydrogens is 260 g/mol. The van der Waals surface area contributed by atoms with Crippen LogP contribution in [0, 0.1) is 18.3 Å². The Morgan fingerprint density at radius 1 is 1.33 bits per heavy atom. The molecule has 3 fully saturated rings. The van der Waals surface area contributed by atoms with Crippen LogP contribution in [0.3, 0.4) is 0 Å². The molecule has 3 atom stereocenters. The second kappa shape index (κ2) is 6.12. The summed E-state index contributed by atoms with van der Waals surface area (Å²) in [6, 6.07) is 2.50. The normalized spacial score (nSPS) is 35.3. The number of rotatable bonds is 1. The Hall–Kier alpha value is -0.830. The van der Waals surface area contributed by atoms with Crippen LogP contribution in [0.5, 0.6) is 0 Å². The molecule has 1 saturated heterocycles. The number of ether oxygens (including phenoxy) is 1. The zero-order valence-electron chi connectivity index (χ0n) is 14.6. The lowest BCUT2D eigenvalue weighted by Gasteiger charge is -2.40. The molecule has 2 aliphatic carbocycles. The first-order chi connectivity index (χ1) is 9.92. The molecule has 120 valence electrons. The summed E-state index contributed by atoms with van der Waals surface area (Å²) in [5.74, 6) is 1.03. The van der Waals surface area contributed by atoms with Crippen molar-refractivity contribution in [3.05, 3.63) is 18.0 Å². The minimum atomic E-state index is 0.400. The maximum atomic E-state index is 5.65. The average Bonchev–Trinajstić information content (AvgIpc) is 2.79. The molecule has 1 aliphatic heterocycles. The molecule has 1 aromatic heterocycles. The van der Waals surface area contributed by atoms with Crippen molar-refractivity contribution < 1.29 is 4.74 Å². The predicted octanol–water partition coefficient (Wildman–Crippen LogP) is 4.76. The van der Waals surface area contributed by atoms with Gasteiger partial charge < -0.3 is 4.74 Å². The van der Waals surface area contributed by atoms with E-state index in [0.29, 0.717) is 11.6 Å². The predicted molar refractivity (Wildman–Crippen MR) is 87.4 cm³/mol. The maximum absolute atomic E-state index is 5.65. The first-order valence-electron chi connectivity index (χ1n) is 8.58. The summed E-state index contributed by atoms with van der Waals surface area (Å²) in [5.41, 5.74) is 2.21. The molecule has 0 bridgehead atoms.